The van der Waals surface area contributed by atoms with Crippen LogP contribution in [0.4, 0.5) is 0 Å². The van der Waals surface area contributed by atoms with E-state index in [0.29, 0.717) is 15.6 Å². The van der Waals surface area contributed by atoms with Gasteiger partial charge in [0.2, 0.25) is 0 Å². The molecule has 4 heteroatoms. The van der Waals surface area contributed by atoms with Gasteiger partial charge in [-0.2, -0.15) is 0 Å². The van der Waals surface area contributed by atoms with Crippen molar-refractivity contribution >= 4 is 29.0 Å². The summed E-state index contributed by atoms with van der Waals surface area (Å²) in [4.78, 5) is 17.2. The quantitative estimate of drug-likeness (QED) is 0.753. The van der Waals surface area contributed by atoms with Crippen molar-refractivity contribution in [2.45, 2.75) is 25.2 Å². The van der Waals surface area contributed by atoms with Crippen LogP contribution < -0.4 is 0 Å². The number of aryl methyl sites for hydroxylation is 1. The summed E-state index contributed by atoms with van der Waals surface area (Å²) in [5.41, 5.74) is 2.44. The topological polar surface area (TPSA) is 30.0 Å². The van der Waals surface area contributed by atoms with E-state index in [4.69, 9.17) is 23.2 Å². The maximum atomic E-state index is 12.8. The number of aromatic nitrogens is 1. The van der Waals surface area contributed by atoms with Gasteiger partial charge in [-0.25, -0.2) is 0 Å². The zero-order valence-electron chi connectivity index (χ0n) is 10.8. The number of rotatable bonds is 2. The van der Waals surface area contributed by atoms with E-state index in [9.17, 15) is 4.79 Å². The molecule has 1 aliphatic rings. The minimum absolute atomic E-state index is 0.0275. The normalized spacial score (nSPS) is 17.6. The molecular weight excluding hydrogens is 293 g/mol. The first-order chi connectivity index (χ1) is 9.68. The summed E-state index contributed by atoms with van der Waals surface area (Å²) >= 11 is 12.3. The molecule has 0 bridgehead atoms. The number of fused-ring (bicyclic) bond motifs is 1. The summed E-state index contributed by atoms with van der Waals surface area (Å²) in [6, 6.07) is 9.09. The summed E-state index contributed by atoms with van der Waals surface area (Å²) in [5.74, 6) is -0.266. The summed E-state index contributed by atoms with van der Waals surface area (Å²) in [6.07, 6.45) is 4.49. The fourth-order valence-corrected chi connectivity index (χ4v) is 3.36. The standard InChI is InChI=1S/C16H13Cl2NO/c17-12-7-2-8-13(18)14(12)16(20)11-6-1-4-10-5-3-9-19-15(10)11/h2-3,5,7-9,11H,1,4,6H2. The molecule has 0 saturated heterocycles. The lowest BCUT2D eigenvalue weighted by atomic mass is 9.82. The molecule has 2 aromatic rings. The van der Waals surface area contributed by atoms with E-state index in [0.717, 1.165) is 30.5 Å². The molecule has 0 N–H and O–H groups in total. The number of carbonyl (C=O) groups excluding carboxylic acids is 1. The van der Waals surface area contributed by atoms with Gasteiger partial charge in [-0.05, 0) is 43.0 Å². The van der Waals surface area contributed by atoms with Crippen LogP contribution in [0.15, 0.2) is 36.5 Å². The Balaban J connectivity index is 2.05. The van der Waals surface area contributed by atoms with E-state index in [1.165, 1.54) is 0 Å². The Kier molecular flexibility index (Phi) is 3.77. The van der Waals surface area contributed by atoms with Crippen LogP contribution >= 0.6 is 23.2 Å². The number of nitrogens with zero attached hydrogens (tertiary/aromatic N) is 1. The molecule has 0 amide bonds. The van der Waals surface area contributed by atoms with E-state index in [1.807, 2.05) is 12.1 Å². The maximum absolute atomic E-state index is 12.8. The molecule has 1 aliphatic carbocycles. The number of ketones is 1. The molecular formula is C16H13Cl2NO. The zero-order valence-corrected chi connectivity index (χ0v) is 12.3. The number of hydrogen-bond donors (Lipinski definition) is 0. The Morgan fingerprint density at radius 1 is 1.15 bits per heavy atom. The molecule has 102 valence electrons. The Labute approximate surface area is 127 Å². The third kappa shape index (κ3) is 2.34. The Bertz CT molecular complexity index is 649. The average molecular weight is 306 g/mol. The van der Waals surface area contributed by atoms with Crippen LogP contribution in [0.1, 0.15) is 40.4 Å². The molecule has 1 aromatic heterocycles. The fraction of sp³-hybridized carbons (Fsp3) is 0.250. The van der Waals surface area contributed by atoms with Gasteiger partial charge in [0.25, 0.3) is 0 Å². The van der Waals surface area contributed by atoms with Crippen LogP contribution in [0.25, 0.3) is 0 Å². The Hall–Kier alpha value is -1.38. The van der Waals surface area contributed by atoms with Gasteiger partial charge in [-0.3, -0.25) is 9.78 Å². The van der Waals surface area contributed by atoms with Crippen LogP contribution in [-0.2, 0) is 6.42 Å². The maximum Gasteiger partial charge on any atom is 0.174 e. The van der Waals surface area contributed by atoms with Gasteiger partial charge in [-0.1, -0.05) is 35.3 Å². The van der Waals surface area contributed by atoms with Gasteiger partial charge >= 0.3 is 0 Å². The minimum Gasteiger partial charge on any atom is -0.293 e. The molecule has 20 heavy (non-hydrogen) atoms. The second-order valence-electron chi connectivity index (χ2n) is 4.95. The highest BCUT2D eigenvalue weighted by molar-refractivity contribution is 6.40. The average Bonchev–Trinajstić information content (AvgIpc) is 2.46. The number of halogens is 2. The van der Waals surface area contributed by atoms with Crippen molar-refractivity contribution in [2.75, 3.05) is 0 Å². The van der Waals surface area contributed by atoms with Crippen molar-refractivity contribution in [3.63, 3.8) is 0 Å². The lowest BCUT2D eigenvalue weighted by molar-refractivity contribution is 0.0949. The Morgan fingerprint density at radius 3 is 2.65 bits per heavy atom. The van der Waals surface area contributed by atoms with E-state index >= 15 is 0 Å². The monoisotopic (exact) mass is 305 g/mol. The molecule has 1 unspecified atom stereocenters. The van der Waals surface area contributed by atoms with Crippen molar-refractivity contribution in [3.8, 4) is 0 Å². The van der Waals surface area contributed by atoms with Gasteiger partial charge in [0.05, 0.1) is 27.2 Å². The van der Waals surface area contributed by atoms with Crippen molar-refractivity contribution in [2.24, 2.45) is 0 Å². The van der Waals surface area contributed by atoms with Crippen molar-refractivity contribution < 1.29 is 4.79 Å². The molecule has 0 aliphatic heterocycles. The van der Waals surface area contributed by atoms with Crippen LogP contribution in [-0.4, -0.2) is 10.8 Å². The SMILES string of the molecule is O=C(c1c(Cl)cccc1Cl)C1CCCc2cccnc21. The number of carbonyl (C=O) groups is 1. The minimum atomic E-state index is -0.239. The van der Waals surface area contributed by atoms with Crippen LogP contribution in [0, 0.1) is 0 Å². The number of pyridine rings is 1. The molecule has 2 nitrogen and oxygen atoms in total. The molecule has 0 spiro atoms. The highest BCUT2D eigenvalue weighted by Gasteiger charge is 2.30. The molecule has 0 fully saturated rings. The van der Waals surface area contributed by atoms with Crippen LogP contribution in [0.5, 0.6) is 0 Å². The highest BCUT2D eigenvalue weighted by atomic mass is 35.5. The first kappa shape index (κ1) is 13.6. The first-order valence-electron chi connectivity index (χ1n) is 6.60. The van der Waals surface area contributed by atoms with Gasteiger partial charge in [0, 0.05) is 6.20 Å². The molecule has 0 radical (unpaired) electrons. The highest BCUT2D eigenvalue weighted by Crippen LogP contribution is 2.36. The van der Waals surface area contributed by atoms with E-state index in [1.54, 1.807) is 24.4 Å². The number of benzene rings is 1. The smallest absolute Gasteiger partial charge is 0.174 e. The van der Waals surface area contributed by atoms with Crippen LogP contribution in [0.2, 0.25) is 10.0 Å². The van der Waals surface area contributed by atoms with E-state index in [-0.39, 0.29) is 11.7 Å². The van der Waals surface area contributed by atoms with E-state index in [2.05, 4.69) is 4.98 Å². The summed E-state index contributed by atoms with van der Waals surface area (Å²) in [5, 5.41) is 0.816. The summed E-state index contributed by atoms with van der Waals surface area (Å²) in [6.45, 7) is 0. The van der Waals surface area contributed by atoms with Gasteiger partial charge in [0.1, 0.15) is 0 Å². The Morgan fingerprint density at radius 2 is 1.90 bits per heavy atom. The molecule has 1 atom stereocenters. The van der Waals surface area contributed by atoms with E-state index < -0.39 is 0 Å². The third-order valence-corrected chi connectivity index (χ3v) is 4.35. The lowest BCUT2D eigenvalue weighted by Crippen LogP contribution is -2.20. The lowest BCUT2D eigenvalue weighted by Gasteiger charge is -2.23. The zero-order chi connectivity index (χ0) is 14.1. The van der Waals surface area contributed by atoms with Gasteiger partial charge in [-0.15, -0.1) is 0 Å². The van der Waals surface area contributed by atoms with Crippen molar-refractivity contribution in [3.05, 3.63) is 63.4 Å². The molecule has 1 heterocycles. The second-order valence-corrected chi connectivity index (χ2v) is 5.77. The second kappa shape index (κ2) is 5.55. The molecule has 1 aromatic carbocycles. The predicted octanol–water partition coefficient (Wildman–Crippen LogP) is 4.69. The van der Waals surface area contributed by atoms with Gasteiger partial charge < -0.3 is 0 Å². The van der Waals surface area contributed by atoms with Crippen LogP contribution in [0.3, 0.4) is 0 Å². The first-order valence-corrected chi connectivity index (χ1v) is 7.36. The van der Waals surface area contributed by atoms with Gasteiger partial charge in [0.15, 0.2) is 5.78 Å². The van der Waals surface area contributed by atoms with Crippen molar-refractivity contribution in [1.82, 2.24) is 4.98 Å². The van der Waals surface area contributed by atoms with Crippen molar-refractivity contribution in [1.29, 1.82) is 0 Å². The predicted molar refractivity (Wildman–Crippen MR) is 80.7 cm³/mol. The number of Topliss-reactive ketones (excluding diaryl/α,β-unsaturated/α-hetero) is 1. The molecule has 0 saturated carbocycles. The fourth-order valence-electron chi connectivity index (χ4n) is 2.77. The number of hydrogen-bond acceptors (Lipinski definition) is 2. The third-order valence-electron chi connectivity index (χ3n) is 3.72. The summed E-state index contributed by atoms with van der Waals surface area (Å²) in [7, 11) is 0. The largest absolute Gasteiger partial charge is 0.293 e. The molecule has 3 rings (SSSR count). The summed E-state index contributed by atoms with van der Waals surface area (Å²) < 4.78 is 0.